The van der Waals surface area contributed by atoms with Crippen molar-refractivity contribution in [3.63, 3.8) is 0 Å². The normalized spacial score (nSPS) is 11.8. The van der Waals surface area contributed by atoms with E-state index in [1.165, 1.54) is 0 Å². The summed E-state index contributed by atoms with van der Waals surface area (Å²) in [7, 11) is 0. The van der Waals surface area contributed by atoms with Crippen molar-refractivity contribution in [3.8, 4) is 6.07 Å². The van der Waals surface area contributed by atoms with Gasteiger partial charge in [0.05, 0.1) is 12.6 Å². The molecule has 1 N–H and O–H groups in total. The molecule has 96 valence electrons. The summed E-state index contributed by atoms with van der Waals surface area (Å²) in [5.74, 6) is 0. The zero-order valence-corrected chi connectivity index (χ0v) is 12.0. The fraction of sp³-hybridized carbons (Fsp3) is 0.200. The summed E-state index contributed by atoms with van der Waals surface area (Å²) >= 11 is 3.43. The van der Waals surface area contributed by atoms with Crippen LogP contribution in [0.15, 0.2) is 53.1 Å². The van der Waals surface area contributed by atoms with Gasteiger partial charge in [-0.15, -0.1) is 0 Å². The molecule has 1 aromatic heterocycles. The summed E-state index contributed by atoms with van der Waals surface area (Å²) in [6.07, 6.45) is 2.56. The molecule has 3 nitrogen and oxygen atoms in total. The first-order valence-corrected chi connectivity index (χ1v) is 6.84. The Morgan fingerprint density at radius 1 is 1.21 bits per heavy atom. The SMILES string of the molecule is N#CCNC(Cc1ccccn1)c1ccc(Br)cc1. The Morgan fingerprint density at radius 3 is 2.63 bits per heavy atom. The van der Waals surface area contributed by atoms with Gasteiger partial charge >= 0.3 is 0 Å². The van der Waals surface area contributed by atoms with Crippen LogP contribution in [0.25, 0.3) is 0 Å². The van der Waals surface area contributed by atoms with Gasteiger partial charge in [-0.3, -0.25) is 10.3 Å². The van der Waals surface area contributed by atoms with Crippen LogP contribution in [0.1, 0.15) is 17.3 Å². The topological polar surface area (TPSA) is 48.7 Å². The molecule has 2 rings (SSSR count). The average Bonchev–Trinajstić information content (AvgIpc) is 2.45. The van der Waals surface area contributed by atoms with Crippen LogP contribution in [0.4, 0.5) is 0 Å². The number of nitriles is 1. The predicted octanol–water partition coefficient (Wildman–Crippen LogP) is 3.24. The van der Waals surface area contributed by atoms with E-state index in [0.717, 1.165) is 22.2 Å². The lowest BCUT2D eigenvalue weighted by Crippen LogP contribution is -2.24. The molecule has 2 aromatic rings. The summed E-state index contributed by atoms with van der Waals surface area (Å²) in [5.41, 5.74) is 2.17. The number of hydrogen-bond acceptors (Lipinski definition) is 3. The standard InChI is InChI=1S/C15H14BrN3/c16-13-6-4-12(5-7-13)15(19-10-8-17)11-14-3-1-2-9-18-14/h1-7,9,15,19H,10-11H2. The molecule has 0 saturated carbocycles. The maximum Gasteiger partial charge on any atom is 0.0845 e. The average molecular weight is 316 g/mol. The molecule has 0 radical (unpaired) electrons. The third-order valence-corrected chi connectivity index (χ3v) is 3.37. The van der Waals surface area contributed by atoms with Crippen molar-refractivity contribution >= 4 is 15.9 Å². The number of rotatable bonds is 5. The Labute approximate surface area is 121 Å². The Kier molecular flexibility index (Phi) is 5.08. The molecular formula is C15H14BrN3. The minimum atomic E-state index is 0.0997. The molecule has 0 saturated heterocycles. The molecule has 0 amide bonds. The van der Waals surface area contributed by atoms with Crippen LogP contribution in [-0.4, -0.2) is 11.5 Å². The van der Waals surface area contributed by atoms with E-state index in [-0.39, 0.29) is 6.04 Å². The Bertz CT molecular complexity index is 546. The second kappa shape index (κ2) is 7.03. The van der Waals surface area contributed by atoms with E-state index in [4.69, 9.17) is 5.26 Å². The Morgan fingerprint density at radius 2 is 2.00 bits per heavy atom. The summed E-state index contributed by atoms with van der Waals surface area (Å²) in [6, 6.07) is 16.2. The number of nitrogens with zero attached hydrogens (tertiary/aromatic N) is 2. The molecule has 1 unspecified atom stereocenters. The van der Waals surface area contributed by atoms with Gasteiger partial charge in [0.25, 0.3) is 0 Å². The molecule has 0 aliphatic heterocycles. The van der Waals surface area contributed by atoms with Crippen LogP contribution >= 0.6 is 15.9 Å². The van der Waals surface area contributed by atoms with E-state index < -0.39 is 0 Å². The van der Waals surface area contributed by atoms with E-state index >= 15 is 0 Å². The third kappa shape index (κ3) is 4.16. The first-order valence-electron chi connectivity index (χ1n) is 6.05. The molecule has 0 fully saturated rings. The van der Waals surface area contributed by atoms with Gasteiger partial charge in [0.15, 0.2) is 0 Å². The number of aromatic nitrogens is 1. The molecule has 4 heteroatoms. The van der Waals surface area contributed by atoms with Crippen LogP contribution in [0, 0.1) is 11.3 Å². The van der Waals surface area contributed by atoms with E-state index in [0.29, 0.717) is 6.54 Å². The predicted molar refractivity (Wildman–Crippen MR) is 78.4 cm³/mol. The highest BCUT2D eigenvalue weighted by molar-refractivity contribution is 9.10. The molecule has 1 atom stereocenters. The van der Waals surface area contributed by atoms with Crippen LogP contribution in [0.2, 0.25) is 0 Å². The number of benzene rings is 1. The number of hydrogen-bond donors (Lipinski definition) is 1. The van der Waals surface area contributed by atoms with Crippen molar-refractivity contribution < 1.29 is 0 Å². The van der Waals surface area contributed by atoms with Gasteiger partial charge in [-0.2, -0.15) is 5.26 Å². The van der Waals surface area contributed by atoms with Crippen molar-refractivity contribution in [1.29, 1.82) is 5.26 Å². The molecule has 0 aliphatic carbocycles. The van der Waals surface area contributed by atoms with E-state index in [2.05, 4.69) is 44.4 Å². The van der Waals surface area contributed by atoms with Crippen molar-refractivity contribution in [1.82, 2.24) is 10.3 Å². The fourth-order valence-corrected chi connectivity index (χ4v) is 2.16. The lowest BCUT2D eigenvalue weighted by Gasteiger charge is -2.17. The highest BCUT2D eigenvalue weighted by atomic mass is 79.9. The van der Waals surface area contributed by atoms with Gasteiger partial charge in [-0.25, -0.2) is 0 Å². The van der Waals surface area contributed by atoms with Gasteiger partial charge in [0.1, 0.15) is 0 Å². The fourth-order valence-electron chi connectivity index (χ4n) is 1.90. The van der Waals surface area contributed by atoms with Crippen LogP contribution in [0.5, 0.6) is 0 Å². The maximum absolute atomic E-state index is 8.74. The quantitative estimate of drug-likeness (QED) is 0.862. The molecule has 19 heavy (non-hydrogen) atoms. The monoisotopic (exact) mass is 315 g/mol. The number of pyridine rings is 1. The van der Waals surface area contributed by atoms with Gasteiger partial charge < -0.3 is 0 Å². The van der Waals surface area contributed by atoms with Gasteiger partial charge in [-0.1, -0.05) is 34.1 Å². The first kappa shape index (κ1) is 13.7. The first-order chi connectivity index (χ1) is 9.29. The smallest absolute Gasteiger partial charge is 0.0845 e. The molecule has 0 bridgehead atoms. The lowest BCUT2D eigenvalue weighted by molar-refractivity contribution is 0.561. The second-order valence-corrected chi connectivity index (χ2v) is 5.08. The molecule has 1 heterocycles. The molecular weight excluding hydrogens is 302 g/mol. The minimum absolute atomic E-state index is 0.0997. The molecule has 0 spiro atoms. The van der Waals surface area contributed by atoms with Crippen molar-refractivity contribution in [2.75, 3.05) is 6.54 Å². The maximum atomic E-state index is 8.74. The summed E-state index contributed by atoms with van der Waals surface area (Å²) in [6.45, 7) is 0.327. The molecule has 0 aliphatic rings. The Hall–Kier alpha value is -1.70. The lowest BCUT2D eigenvalue weighted by atomic mass is 10.0. The summed E-state index contributed by atoms with van der Waals surface area (Å²) in [4.78, 5) is 4.34. The number of nitrogens with one attached hydrogen (secondary N) is 1. The van der Waals surface area contributed by atoms with Crippen LogP contribution in [0.3, 0.4) is 0 Å². The van der Waals surface area contributed by atoms with Crippen LogP contribution < -0.4 is 5.32 Å². The number of halogens is 1. The van der Waals surface area contributed by atoms with Crippen LogP contribution in [-0.2, 0) is 6.42 Å². The summed E-state index contributed by atoms with van der Waals surface area (Å²) < 4.78 is 1.05. The van der Waals surface area contributed by atoms with E-state index in [1.807, 2.05) is 30.3 Å². The zero-order valence-electron chi connectivity index (χ0n) is 10.4. The third-order valence-electron chi connectivity index (χ3n) is 2.84. The van der Waals surface area contributed by atoms with Crippen molar-refractivity contribution in [2.45, 2.75) is 12.5 Å². The highest BCUT2D eigenvalue weighted by Crippen LogP contribution is 2.20. The summed E-state index contributed by atoms with van der Waals surface area (Å²) in [5, 5.41) is 12.0. The van der Waals surface area contributed by atoms with Gasteiger partial charge in [0, 0.05) is 28.8 Å². The van der Waals surface area contributed by atoms with Gasteiger partial charge in [0.2, 0.25) is 0 Å². The van der Waals surface area contributed by atoms with E-state index in [9.17, 15) is 0 Å². The highest BCUT2D eigenvalue weighted by Gasteiger charge is 2.12. The Balaban J connectivity index is 2.16. The van der Waals surface area contributed by atoms with Crippen molar-refractivity contribution in [3.05, 3.63) is 64.4 Å². The minimum Gasteiger partial charge on any atom is -0.297 e. The van der Waals surface area contributed by atoms with Gasteiger partial charge in [-0.05, 0) is 29.8 Å². The molecule has 1 aromatic carbocycles. The van der Waals surface area contributed by atoms with E-state index in [1.54, 1.807) is 6.20 Å². The van der Waals surface area contributed by atoms with Crippen molar-refractivity contribution in [2.24, 2.45) is 0 Å². The zero-order chi connectivity index (χ0) is 13.5. The second-order valence-electron chi connectivity index (χ2n) is 4.17. The largest absolute Gasteiger partial charge is 0.297 e.